The first-order valence-corrected chi connectivity index (χ1v) is 8.98. The van der Waals surface area contributed by atoms with Crippen LogP contribution in [0.4, 0.5) is 0 Å². The molecule has 2 N–H and O–H groups in total. The quantitative estimate of drug-likeness (QED) is 0.870. The molecule has 2 aliphatic rings. The summed E-state index contributed by atoms with van der Waals surface area (Å²) >= 11 is 3.98. The molecule has 2 heterocycles. The van der Waals surface area contributed by atoms with Gasteiger partial charge in [-0.3, -0.25) is 4.90 Å². The van der Waals surface area contributed by atoms with Gasteiger partial charge < -0.3 is 5.73 Å². The van der Waals surface area contributed by atoms with Crippen LogP contribution < -0.4 is 5.73 Å². The molecule has 100 valence electrons. The Morgan fingerprint density at radius 3 is 2.83 bits per heavy atom. The minimum absolute atomic E-state index is 0.606. The van der Waals surface area contributed by atoms with Crippen LogP contribution >= 0.6 is 23.1 Å². The summed E-state index contributed by atoms with van der Waals surface area (Å²) in [6.45, 7) is 1.94. The highest BCUT2D eigenvalue weighted by molar-refractivity contribution is 7.99. The van der Waals surface area contributed by atoms with Crippen LogP contribution in [0.3, 0.4) is 0 Å². The Labute approximate surface area is 118 Å². The Balaban J connectivity index is 1.70. The second-order valence-electron chi connectivity index (χ2n) is 5.41. The molecule has 3 rings (SSSR count). The second-order valence-corrected chi connectivity index (χ2v) is 7.59. The van der Waals surface area contributed by atoms with Gasteiger partial charge in [-0.2, -0.15) is 11.8 Å². The fourth-order valence-corrected chi connectivity index (χ4v) is 5.00. The molecule has 18 heavy (non-hydrogen) atoms. The Morgan fingerprint density at radius 2 is 2.28 bits per heavy atom. The van der Waals surface area contributed by atoms with Crippen LogP contribution in [0.5, 0.6) is 0 Å². The number of nitrogens with two attached hydrogens (primary N) is 1. The molecule has 1 aliphatic carbocycles. The first-order chi connectivity index (χ1) is 8.88. The number of hydrogen-bond donors (Lipinski definition) is 1. The minimum atomic E-state index is 0.606. The molecule has 1 aromatic rings. The highest BCUT2D eigenvalue weighted by atomic mass is 32.2. The van der Waals surface area contributed by atoms with Crippen LogP contribution in [0.25, 0.3) is 0 Å². The maximum atomic E-state index is 6.10. The first kappa shape index (κ1) is 13.0. The van der Waals surface area contributed by atoms with Crippen molar-refractivity contribution in [2.75, 3.05) is 18.1 Å². The van der Waals surface area contributed by atoms with E-state index in [2.05, 4.69) is 34.2 Å². The van der Waals surface area contributed by atoms with Gasteiger partial charge in [0.1, 0.15) is 0 Å². The van der Waals surface area contributed by atoms with E-state index in [9.17, 15) is 0 Å². The summed E-state index contributed by atoms with van der Waals surface area (Å²) in [5, 5.41) is 2.18. The highest BCUT2D eigenvalue weighted by Gasteiger charge is 2.37. The molecular formula is C14H22N2S2. The fraction of sp³-hybridized carbons (Fsp3) is 0.714. The Morgan fingerprint density at radius 1 is 1.39 bits per heavy atom. The monoisotopic (exact) mass is 282 g/mol. The zero-order valence-corrected chi connectivity index (χ0v) is 12.4. The zero-order valence-electron chi connectivity index (χ0n) is 10.8. The van der Waals surface area contributed by atoms with Crippen molar-refractivity contribution in [2.24, 2.45) is 11.7 Å². The van der Waals surface area contributed by atoms with E-state index in [-0.39, 0.29) is 0 Å². The van der Waals surface area contributed by atoms with E-state index in [0.29, 0.717) is 6.04 Å². The third-order valence-electron chi connectivity index (χ3n) is 4.11. The van der Waals surface area contributed by atoms with Crippen molar-refractivity contribution in [3.8, 4) is 0 Å². The maximum Gasteiger partial charge on any atom is 0.0334 e. The second kappa shape index (κ2) is 5.95. The van der Waals surface area contributed by atoms with Gasteiger partial charge in [0.2, 0.25) is 0 Å². The Hall–Kier alpha value is -0.0300. The van der Waals surface area contributed by atoms with Crippen molar-refractivity contribution < 1.29 is 0 Å². The van der Waals surface area contributed by atoms with Crippen LogP contribution in [-0.2, 0) is 6.54 Å². The molecule has 1 saturated carbocycles. The van der Waals surface area contributed by atoms with E-state index in [0.717, 1.165) is 25.0 Å². The van der Waals surface area contributed by atoms with Crippen molar-refractivity contribution in [3.05, 3.63) is 22.4 Å². The standard InChI is InChI=1S/C14H22N2S2/c15-8-14(11-5-7-17-10-11)16(12-3-4-12)9-13-2-1-6-18-13/h1-2,6,11-12,14H,3-5,7-10,15H2. The van der Waals surface area contributed by atoms with E-state index in [1.807, 2.05) is 11.3 Å². The molecule has 0 amide bonds. The summed E-state index contributed by atoms with van der Waals surface area (Å²) < 4.78 is 0. The number of rotatable bonds is 6. The topological polar surface area (TPSA) is 29.3 Å². The van der Waals surface area contributed by atoms with Gasteiger partial charge in [0.15, 0.2) is 0 Å². The molecule has 4 heteroatoms. The predicted octanol–water partition coefficient (Wildman–Crippen LogP) is 2.79. The van der Waals surface area contributed by atoms with Crippen molar-refractivity contribution >= 4 is 23.1 Å². The minimum Gasteiger partial charge on any atom is -0.329 e. The van der Waals surface area contributed by atoms with E-state index in [1.54, 1.807) is 0 Å². The normalized spacial score (nSPS) is 25.8. The predicted molar refractivity (Wildman–Crippen MR) is 81.2 cm³/mol. The van der Waals surface area contributed by atoms with Gasteiger partial charge in [-0.05, 0) is 48.1 Å². The molecule has 1 aliphatic heterocycles. The van der Waals surface area contributed by atoms with Crippen molar-refractivity contribution in [2.45, 2.75) is 37.9 Å². The van der Waals surface area contributed by atoms with Gasteiger partial charge in [0.05, 0.1) is 0 Å². The van der Waals surface area contributed by atoms with Crippen molar-refractivity contribution in [1.29, 1.82) is 0 Å². The SMILES string of the molecule is NCC(C1CCSC1)N(Cc1cccs1)C1CC1. The summed E-state index contributed by atoms with van der Waals surface area (Å²) in [6, 6.07) is 5.84. The summed E-state index contributed by atoms with van der Waals surface area (Å²) in [6.07, 6.45) is 4.11. The van der Waals surface area contributed by atoms with Gasteiger partial charge in [-0.25, -0.2) is 0 Å². The number of thiophene rings is 1. The molecule has 0 aromatic carbocycles. The summed E-state index contributed by atoms with van der Waals surface area (Å²) in [5.41, 5.74) is 6.10. The molecule has 0 bridgehead atoms. The smallest absolute Gasteiger partial charge is 0.0334 e. The largest absolute Gasteiger partial charge is 0.329 e. The lowest BCUT2D eigenvalue weighted by Gasteiger charge is -2.34. The van der Waals surface area contributed by atoms with Crippen molar-refractivity contribution in [3.63, 3.8) is 0 Å². The molecule has 0 spiro atoms. The third kappa shape index (κ3) is 2.93. The zero-order chi connectivity index (χ0) is 12.4. The molecule has 2 atom stereocenters. The fourth-order valence-electron chi connectivity index (χ4n) is 2.96. The first-order valence-electron chi connectivity index (χ1n) is 6.94. The van der Waals surface area contributed by atoms with Crippen LogP contribution in [-0.4, -0.2) is 35.0 Å². The Kier molecular flexibility index (Phi) is 4.29. The van der Waals surface area contributed by atoms with E-state index < -0.39 is 0 Å². The summed E-state index contributed by atoms with van der Waals surface area (Å²) in [7, 11) is 0. The van der Waals surface area contributed by atoms with E-state index in [1.165, 1.54) is 35.6 Å². The molecule has 0 radical (unpaired) electrons. The average Bonchev–Trinajstić information content (AvgIpc) is 2.89. The van der Waals surface area contributed by atoms with E-state index >= 15 is 0 Å². The van der Waals surface area contributed by atoms with Gasteiger partial charge in [-0.15, -0.1) is 11.3 Å². The molecule has 2 fully saturated rings. The van der Waals surface area contributed by atoms with Gasteiger partial charge in [0.25, 0.3) is 0 Å². The summed E-state index contributed by atoms with van der Waals surface area (Å²) in [4.78, 5) is 4.20. The molecule has 2 unspecified atom stereocenters. The molecule has 1 aromatic heterocycles. The third-order valence-corrected chi connectivity index (χ3v) is 6.16. The van der Waals surface area contributed by atoms with Crippen LogP contribution in [0, 0.1) is 5.92 Å². The lowest BCUT2D eigenvalue weighted by Crippen LogP contribution is -2.46. The lowest BCUT2D eigenvalue weighted by atomic mass is 9.97. The number of thioether (sulfide) groups is 1. The summed E-state index contributed by atoms with van der Waals surface area (Å²) in [5.74, 6) is 3.47. The van der Waals surface area contributed by atoms with Crippen molar-refractivity contribution in [1.82, 2.24) is 4.90 Å². The number of hydrogen-bond acceptors (Lipinski definition) is 4. The Bertz CT molecular complexity index is 356. The molecule has 1 saturated heterocycles. The number of nitrogens with zero attached hydrogens (tertiary/aromatic N) is 1. The van der Waals surface area contributed by atoms with Gasteiger partial charge in [-0.1, -0.05) is 6.07 Å². The van der Waals surface area contributed by atoms with Crippen LogP contribution in [0.2, 0.25) is 0 Å². The molecular weight excluding hydrogens is 260 g/mol. The van der Waals surface area contributed by atoms with E-state index in [4.69, 9.17) is 5.73 Å². The highest BCUT2D eigenvalue weighted by Crippen LogP contribution is 2.36. The van der Waals surface area contributed by atoms with Gasteiger partial charge in [0, 0.05) is 30.1 Å². The lowest BCUT2D eigenvalue weighted by molar-refractivity contribution is 0.139. The van der Waals surface area contributed by atoms with Crippen LogP contribution in [0.1, 0.15) is 24.1 Å². The molecule has 2 nitrogen and oxygen atoms in total. The average molecular weight is 282 g/mol. The van der Waals surface area contributed by atoms with Crippen LogP contribution in [0.15, 0.2) is 17.5 Å². The van der Waals surface area contributed by atoms with Gasteiger partial charge >= 0.3 is 0 Å². The maximum absolute atomic E-state index is 6.10.